The lowest BCUT2D eigenvalue weighted by Gasteiger charge is -1.88. The quantitative estimate of drug-likeness (QED) is 0.541. The van der Waals surface area contributed by atoms with Crippen LogP contribution in [0.15, 0.2) is 18.3 Å². The topological polar surface area (TPSA) is 12.9 Å². The van der Waals surface area contributed by atoms with Gasteiger partial charge in [-0.05, 0) is 19.1 Å². The number of rotatable bonds is 0. The highest BCUT2D eigenvalue weighted by molar-refractivity contribution is 5.03. The first-order chi connectivity index (χ1) is 4.80. The monoisotopic (exact) mass is 141 g/mol. The van der Waals surface area contributed by atoms with Crippen LogP contribution in [0.2, 0.25) is 0 Å². The molecule has 0 aromatic carbocycles. The van der Waals surface area contributed by atoms with Crippen molar-refractivity contribution in [3.63, 3.8) is 0 Å². The van der Waals surface area contributed by atoms with Crippen molar-refractivity contribution in [3.8, 4) is 0 Å². The van der Waals surface area contributed by atoms with E-state index in [-0.39, 0.29) is 5.82 Å². The van der Waals surface area contributed by atoms with Gasteiger partial charge in [-0.1, -0.05) is 13.8 Å². The van der Waals surface area contributed by atoms with Crippen LogP contribution in [0.3, 0.4) is 0 Å². The van der Waals surface area contributed by atoms with Crippen molar-refractivity contribution in [1.82, 2.24) is 4.98 Å². The van der Waals surface area contributed by atoms with Gasteiger partial charge in [0.15, 0.2) is 0 Å². The van der Waals surface area contributed by atoms with E-state index in [1.807, 2.05) is 13.8 Å². The van der Waals surface area contributed by atoms with Crippen molar-refractivity contribution in [2.75, 3.05) is 0 Å². The molecule has 0 bridgehead atoms. The van der Waals surface area contributed by atoms with Gasteiger partial charge in [0, 0.05) is 6.20 Å². The van der Waals surface area contributed by atoms with E-state index in [0.717, 1.165) is 0 Å². The fourth-order valence-electron chi connectivity index (χ4n) is 0.465. The third-order valence-corrected chi connectivity index (χ3v) is 0.942. The Balaban J connectivity index is 0.000000371. The number of pyridine rings is 1. The Bertz CT molecular complexity index is 165. The summed E-state index contributed by atoms with van der Waals surface area (Å²) in [6.07, 6.45) is 1.57. The summed E-state index contributed by atoms with van der Waals surface area (Å²) in [5.41, 5.74) is 0.451. The van der Waals surface area contributed by atoms with Crippen molar-refractivity contribution in [2.24, 2.45) is 0 Å². The molecule has 10 heavy (non-hydrogen) atoms. The van der Waals surface area contributed by atoms with E-state index in [1.54, 1.807) is 19.2 Å². The summed E-state index contributed by atoms with van der Waals surface area (Å²) in [6.45, 7) is 5.63. The second-order valence-electron chi connectivity index (χ2n) is 1.57. The zero-order chi connectivity index (χ0) is 7.98. The molecule has 2 heteroatoms. The van der Waals surface area contributed by atoms with E-state index in [9.17, 15) is 4.39 Å². The van der Waals surface area contributed by atoms with Gasteiger partial charge in [-0.3, -0.25) is 4.98 Å². The lowest BCUT2D eigenvalue weighted by Crippen LogP contribution is -1.82. The van der Waals surface area contributed by atoms with Gasteiger partial charge >= 0.3 is 0 Å². The first kappa shape index (κ1) is 9.08. The first-order valence-corrected chi connectivity index (χ1v) is 3.38. The number of hydrogen-bond donors (Lipinski definition) is 0. The van der Waals surface area contributed by atoms with Crippen LogP contribution in [0.1, 0.15) is 19.5 Å². The second-order valence-corrected chi connectivity index (χ2v) is 1.57. The van der Waals surface area contributed by atoms with Crippen LogP contribution in [-0.2, 0) is 0 Å². The van der Waals surface area contributed by atoms with Gasteiger partial charge in [0.25, 0.3) is 0 Å². The molecule has 1 heterocycles. The molecule has 1 rings (SSSR count). The van der Waals surface area contributed by atoms with Crippen LogP contribution < -0.4 is 0 Å². The highest BCUT2D eigenvalue weighted by Gasteiger charge is 1.90. The molecular formula is C8H12FN. The zero-order valence-corrected chi connectivity index (χ0v) is 6.56. The Morgan fingerprint density at radius 3 is 2.30 bits per heavy atom. The van der Waals surface area contributed by atoms with E-state index in [0.29, 0.717) is 5.69 Å². The normalized spacial score (nSPS) is 8.00. The Morgan fingerprint density at radius 1 is 1.40 bits per heavy atom. The molecule has 0 aliphatic carbocycles. The van der Waals surface area contributed by atoms with Gasteiger partial charge in [-0.15, -0.1) is 0 Å². The molecular weight excluding hydrogens is 129 g/mol. The minimum absolute atomic E-state index is 0.243. The lowest BCUT2D eigenvalue weighted by molar-refractivity contribution is 0.610. The first-order valence-electron chi connectivity index (χ1n) is 3.38. The van der Waals surface area contributed by atoms with Crippen molar-refractivity contribution < 1.29 is 4.39 Å². The Labute approximate surface area is 60.9 Å². The van der Waals surface area contributed by atoms with Gasteiger partial charge in [0.05, 0.1) is 5.69 Å². The molecule has 0 spiro atoms. The van der Waals surface area contributed by atoms with E-state index >= 15 is 0 Å². The fourth-order valence-corrected chi connectivity index (χ4v) is 0.465. The Kier molecular flexibility index (Phi) is 4.46. The standard InChI is InChI=1S/C6H6FN.C2H6/c1-5-6(7)3-2-4-8-5;1-2/h2-4H,1H3;1-2H3. The lowest BCUT2D eigenvalue weighted by atomic mass is 10.4. The molecule has 0 amide bonds. The third-order valence-electron chi connectivity index (χ3n) is 0.942. The van der Waals surface area contributed by atoms with Crippen LogP contribution >= 0.6 is 0 Å². The van der Waals surface area contributed by atoms with Gasteiger partial charge < -0.3 is 0 Å². The highest BCUT2D eigenvalue weighted by atomic mass is 19.1. The predicted octanol–water partition coefficient (Wildman–Crippen LogP) is 2.56. The molecule has 0 fully saturated rings. The summed E-state index contributed by atoms with van der Waals surface area (Å²) in [4.78, 5) is 3.70. The molecule has 0 radical (unpaired) electrons. The molecule has 0 atom stereocenters. The molecule has 1 aromatic heterocycles. The summed E-state index contributed by atoms with van der Waals surface area (Å²) in [5.74, 6) is -0.243. The summed E-state index contributed by atoms with van der Waals surface area (Å²) in [5, 5.41) is 0. The van der Waals surface area contributed by atoms with Crippen molar-refractivity contribution >= 4 is 0 Å². The summed E-state index contributed by atoms with van der Waals surface area (Å²) in [6, 6.07) is 2.96. The number of halogens is 1. The Hall–Kier alpha value is -0.920. The van der Waals surface area contributed by atoms with Gasteiger partial charge in [0.2, 0.25) is 0 Å². The molecule has 1 nitrogen and oxygen atoms in total. The summed E-state index contributed by atoms with van der Waals surface area (Å²) in [7, 11) is 0. The van der Waals surface area contributed by atoms with Crippen molar-refractivity contribution in [3.05, 3.63) is 29.8 Å². The number of aryl methyl sites for hydroxylation is 1. The van der Waals surface area contributed by atoms with E-state index in [2.05, 4.69) is 4.98 Å². The molecule has 56 valence electrons. The molecule has 0 saturated heterocycles. The minimum atomic E-state index is -0.243. The molecule has 0 aliphatic rings. The molecule has 1 aromatic rings. The van der Waals surface area contributed by atoms with E-state index in [1.165, 1.54) is 6.07 Å². The number of nitrogens with zero attached hydrogens (tertiary/aromatic N) is 1. The average Bonchev–Trinajstić information content (AvgIpc) is 2.00. The fraction of sp³-hybridized carbons (Fsp3) is 0.375. The maximum Gasteiger partial charge on any atom is 0.144 e. The van der Waals surface area contributed by atoms with E-state index < -0.39 is 0 Å². The van der Waals surface area contributed by atoms with Crippen LogP contribution in [0.4, 0.5) is 4.39 Å². The smallest absolute Gasteiger partial charge is 0.144 e. The van der Waals surface area contributed by atoms with Crippen LogP contribution in [-0.4, -0.2) is 4.98 Å². The molecule has 0 saturated carbocycles. The third kappa shape index (κ3) is 2.58. The Morgan fingerprint density at radius 2 is 2.00 bits per heavy atom. The molecule has 0 unspecified atom stereocenters. The van der Waals surface area contributed by atoms with Gasteiger partial charge in [-0.25, -0.2) is 4.39 Å². The van der Waals surface area contributed by atoms with Gasteiger partial charge in [0.1, 0.15) is 5.82 Å². The second kappa shape index (κ2) is 4.91. The van der Waals surface area contributed by atoms with E-state index in [4.69, 9.17) is 0 Å². The van der Waals surface area contributed by atoms with Crippen molar-refractivity contribution in [1.29, 1.82) is 0 Å². The maximum absolute atomic E-state index is 12.3. The minimum Gasteiger partial charge on any atom is -0.259 e. The SMILES string of the molecule is CC.Cc1ncccc1F. The average molecular weight is 141 g/mol. The van der Waals surface area contributed by atoms with Gasteiger partial charge in [-0.2, -0.15) is 0 Å². The predicted molar refractivity (Wildman–Crippen MR) is 40.3 cm³/mol. The van der Waals surface area contributed by atoms with Crippen molar-refractivity contribution in [2.45, 2.75) is 20.8 Å². The van der Waals surface area contributed by atoms with Crippen LogP contribution in [0.5, 0.6) is 0 Å². The molecule has 0 aliphatic heterocycles. The van der Waals surface area contributed by atoms with Crippen LogP contribution in [0, 0.1) is 12.7 Å². The number of hydrogen-bond acceptors (Lipinski definition) is 1. The summed E-state index contributed by atoms with van der Waals surface area (Å²) < 4.78 is 12.3. The largest absolute Gasteiger partial charge is 0.259 e. The number of aromatic nitrogens is 1. The maximum atomic E-state index is 12.3. The summed E-state index contributed by atoms with van der Waals surface area (Å²) >= 11 is 0. The molecule has 0 N–H and O–H groups in total. The highest BCUT2D eigenvalue weighted by Crippen LogP contribution is 1.97. The zero-order valence-electron chi connectivity index (χ0n) is 6.56. The van der Waals surface area contributed by atoms with Crippen LogP contribution in [0.25, 0.3) is 0 Å².